The van der Waals surface area contributed by atoms with Crippen LogP contribution in [0.25, 0.3) is 0 Å². The first-order chi connectivity index (χ1) is 10.3. The van der Waals surface area contributed by atoms with Crippen molar-refractivity contribution < 1.29 is 26.5 Å². The quantitative estimate of drug-likeness (QED) is 0.401. The summed E-state index contributed by atoms with van der Waals surface area (Å²) in [7, 11) is 0. The number of hydrazone groups is 1. The van der Waals surface area contributed by atoms with E-state index in [4.69, 9.17) is 4.74 Å². The summed E-state index contributed by atoms with van der Waals surface area (Å²) < 4.78 is 7.13. The number of carbonyl (C=O) groups excluding carboxylic acids is 1. The SMILES string of the molecule is CCOc1ccc(C=NNC(=O)C[n+]2ccccc2)cc1.[Cl-]. The topological polar surface area (TPSA) is 54.6 Å². The van der Waals surface area contributed by atoms with Crippen molar-refractivity contribution in [2.75, 3.05) is 6.61 Å². The fourth-order valence-electron chi connectivity index (χ4n) is 1.74. The van der Waals surface area contributed by atoms with Crippen LogP contribution in [-0.2, 0) is 11.3 Å². The van der Waals surface area contributed by atoms with Crippen molar-refractivity contribution in [3.8, 4) is 5.75 Å². The maximum absolute atomic E-state index is 11.7. The molecule has 1 amide bonds. The van der Waals surface area contributed by atoms with E-state index in [1.807, 2.05) is 61.8 Å². The number of carbonyl (C=O) groups is 1. The van der Waals surface area contributed by atoms with Crippen LogP contribution < -0.4 is 27.1 Å². The maximum atomic E-state index is 11.7. The van der Waals surface area contributed by atoms with Crippen molar-refractivity contribution in [1.82, 2.24) is 5.43 Å². The van der Waals surface area contributed by atoms with Crippen LogP contribution in [0.3, 0.4) is 0 Å². The highest BCUT2D eigenvalue weighted by molar-refractivity contribution is 5.82. The molecule has 1 aromatic carbocycles. The molecule has 6 heteroatoms. The van der Waals surface area contributed by atoms with E-state index in [1.165, 1.54) is 0 Å². The number of benzene rings is 1. The third-order valence-corrected chi connectivity index (χ3v) is 2.70. The number of amides is 1. The molecule has 0 aliphatic carbocycles. The first-order valence-corrected chi connectivity index (χ1v) is 6.77. The molecule has 0 saturated carbocycles. The van der Waals surface area contributed by atoms with Gasteiger partial charge in [0.15, 0.2) is 12.4 Å². The second-order valence-corrected chi connectivity index (χ2v) is 4.34. The summed E-state index contributed by atoms with van der Waals surface area (Å²) in [4.78, 5) is 11.7. The molecule has 116 valence electrons. The molecule has 0 atom stereocenters. The van der Waals surface area contributed by atoms with Crippen LogP contribution in [-0.4, -0.2) is 18.7 Å². The molecule has 1 N–H and O–H groups in total. The molecule has 0 spiro atoms. The minimum atomic E-state index is -0.173. The van der Waals surface area contributed by atoms with Gasteiger partial charge in [0.25, 0.3) is 0 Å². The van der Waals surface area contributed by atoms with E-state index in [0.29, 0.717) is 6.61 Å². The first kappa shape index (κ1) is 17.7. The maximum Gasteiger partial charge on any atom is 0.305 e. The highest BCUT2D eigenvalue weighted by atomic mass is 35.5. The summed E-state index contributed by atoms with van der Waals surface area (Å²) in [6, 6.07) is 13.1. The lowest BCUT2D eigenvalue weighted by atomic mass is 10.2. The molecular weight excluding hydrogens is 302 g/mol. The Hall–Kier alpha value is -2.40. The summed E-state index contributed by atoms with van der Waals surface area (Å²) >= 11 is 0. The van der Waals surface area contributed by atoms with Crippen LogP contribution in [0, 0.1) is 0 Å². The predicted molar refractivity (Wildman–Crippen MR) is 80.0 cm³/mol. The number of rotatable bonds is 6. The van der Waals surface area contributed by atoms with Crippen LogP contribution in [0.15, 0.2) is 60.0 Å². The van der Waals surface area contributed by atoms with Gasteiger partial charge in [0.05, 0.1) is 12.8 Å². The Balaban J connectivity index is 0.00000242. The van der Waals surface area contributed by atoms with Gasteiger partial charge in [-0.2, -0.15) is 9.67 Å². The number of halogens is 1. The van der Waals surface area contributed by atoms with E-state index >= 15 is 0 Å². The number of ether oxygens (including phenoxy) is 1. The molecule has 0 radical (unpaired) electrons. The molecule has 0 unspecified atom stereocenters. The Bertz CT molecular complexity index is 601. The Kier molecular flexibility index (Phi) is 7.64. The number of nitrogens with one attached hydrogen (secondary N) is 1. The van der Waals surface area contributed by atoms with E-state index in [-0.39, 0.29) is 24.9 Å². The largest absolute Gasteiger partial charge is 1.00 e. The average Bonchev–Trinajstić information content (AvgIpc) is 2.50. The summed E-state index contributed by atoms with van der Waals surface area (Å²) in [6.07, 6.45) is 5.26. The standard InChI is InChI=1S/C16H17N3O2.ClH/c1-2-21-15-8-6-14(7-9-15)12-17-18-16(20)13-19-10-4-3-5-11-19;/h3-12H,2,13H2,1H3;1H. The third kappa shape index (κ3) is 5.93. The molecular formula is C16H18ClN3O2. The van der Waals surface area contributed by atoms with Gasteiger partial charge in [-0.05, 0) is 36.8 Å². The first-order valence-electron chi connectivity index (χ1n) is 6.77. The van der Waals surface area contributed by atoms with Crippen molar-refractivity contribution in [3.63, 3.8) is 0 Å². The van der Waals surface area contributed by atoms with Gasteiger partial charge >= 0.3 is 5.91 Å². The second kappa shape index (κ2) is 9.52. The van der Waals surface area contributed by atoms with Crippen LogP contribution in [0.5, 0.6) is 5.75 Å². The normalized spacial score (nSPS) is 10.0. The molecule has 2 rings (SSSR count). The van der Waals surface area contributed by atoms with E-state index < -0.39 is 0 Å². The average molecular weight is 320 g/mol. The molecule has 2 aromatic rings. The smallest absolute Gasteiger partial charge is 0.305 e. The number of nitrogens with zero attached hydrogens (tertiary/aromatic N) is 2. The van der Waals surface area contributed by atoms with Crippen LogP contribution in [0.4, 0.5) is 0 Å². The predicted octanol–water partition coefficient (Wildman–Crippen LogP) is -1.47. The van der Waals surface area contributed by atoms with Gasteiger partial charge in [0.1, 0.15) is 5.75 Å². The highest BCUT2D eigenvalue weighted by Crippen LogP contribution is 2.10. The molecule has 0 aliphatic heterocycles. The molecule has 22 heavy (non-hydrogen) atoms. The van der Waals surface area contributed by atoms with E-state index in [2.05, 4.69) is 10.5 Å². The summed E-state index contributed by atoms with van der Waals surface area (Å²) in [5, 5.41) is 3.93. The summed E-state index contributed by atoms with van der Waals surface area (Å²) in [6.45, 7) is 2.82. The molecule has 0 bridgehead atoms. The monoisotopic (exact) mass is 319 g/mol. The number of aromatic nitrogens is 1. The fraction of sp³-hybridized carbons (Fsp3) is 0.188. The minimum Gasteiger partial charge on any atom is -1.00 e. The Morgan fingerprint density at radius 3 is 2.55 bits per heavy atom. The highest BCUT2D eigenvalue weighted by Gasteiger charge is 2.06. The van der Waals surface area contributed by atoms with Gasteiger partial charge < -0.3 is 17.1 Å². The fourth-order valence-corrected chi connectivity index (χ4v) is 1.74. The Morgan fingerprint density at radius 2 is 1.91 bits per heavy atom. The van der Waals surface area contributed by atoms with E-state index in [1.54, 1.807) is 10.8 Å². The van der Waals surface area contributed by atoms with Crippen LogP contribution in [0.1, 0.15) is 12.5 Å². The van der Waals surface area contributed by atoms with E-state index in [0.717, 1.165) is 11.3 Å². The Morgan fingerprint density at radius 1 is 1.23 bits per heavy atom. The minimum absolute atomic E-state index is 0. The molecule has 1 aromatic heterocycles. The van der Waals surface area contributed by atoms with Gasteiger partial charge in [-0.15, -0.1) is 0 Å². The van der Waals surface area contributed by atoms with Crippen molar-refractivity contribution in [2.45, 2.75) is 13.5 Å². The zero-order chi connectivity index (χ0) is 14.9. The third-order valence-electron chi connectivity index (χ3n) is 2.70. The number of hydrogen-bond acceptors (Lipinski definition) is 3. The van der Waals surface area contributed by atoms with Crippen molar-refractivity contribution in [3.05, 3.63) is 60.4 Å². The summed E-state index contributed by atoms with van der Waals surface area (Å²) in [5.74, 6) is 0.646. The summed E-state index contributed by atoms with van der Waals surface area (Å²) in [5.41, 5.74) is 3.39. The second-order valence-electron chi connectivity index (χ2n) is 4.34. The van der Waals surface area contributed by atoms with Crippen molar-refractivity contribution in [1.29, 1.82) is 0 Å². The van der Waals surface area contributed by atoms with Crippen LogP contribution in [0.2, 0.25) is 0 Å². The number of pyridine rings is 1. The van der Waals surface area contributed by atoms with Gasteiger partial charge in [0, 0.05) is 12.1 Å². The number of hydrogen-bond donors (Lipinski definition) is 1. The molecule has 0 fully saturated rings. The molecule has 0 aliphatic rings. The Labute approximate surface area is 136 Å². The lowest BCUT2D eigenvalue weighted by Gasteiger charge is -2.02. The van der Waals surface area contributed by atoms with Gasteiger partial charge in [-0.1, -0.05) is 6.07 Å². The van der Waals surface area contributed by atoms with Crippen molar-refractivity contribution >= 4 is 12.1 Å². The lowest BCUT2D eigenvalue weighted by Crippen LogP contribution is -3.00. The zero-order valence-electron chi connectivity index (χ0n) is 12.3. The van der Waals surface area contributed by atoms with Gasteiger partial charge in [-0.25, -0.2) is 5.43 Å². The van der Waals surface area contributed by atoms with Crippen molar-refractivity contribution in [2.24, 2.45) is 5.10 Å². The van der Waals surface area contributed by atoms with Crippen LogP contribution >= 0.6 is 0 Å². The molecule has 0 saturated heterocycles. The zero-order valence-corrected chi connectivity index (χ0v) is 13.0. The van der Waals surface area contributed by atoms with Gasteiger partial charge in [-0.3, -0.25) is 4.79 Å². The lowest BCUT2D eigenvalue weighted by molar-refractivity contribution is -0.684. The molecule has 5 nitrogen and oxygen atoms in total. The molecule has 1 heterocycles. The van der Waals surface area contributed by atoms with Gasteiger partial charge in [0.2, 0.25) is 6.54 Å². The van der Waals surface area contributed by atoms with E-state index in [9.17, 15) is 4.79 Å².